The molecule has 3 atom stereocenters. The molecule has 4 heteroatoms. The maximum atomic E-state index is 6.38. The minimum Gasteiger partial charge on any atom is -0.497 e. The molecular formula is C22H28ClNO2. The monoisotopic (exact) mass is 373 g/mol. The summed E-state index contributed by atoms with van der Waals surface area (Å²) in [5, 5.41) is 4.35. The van der Waals surface area contributed by atoms with E-state index in [9.17, 15) is 0 Å². The summed E-state index contributed by atoms with van der Waals surface area (Å²) < 4.78 is 11.6. The minimum absolute atomic E-state index is 0.156. The van der Waals surface area contributed by atoms with Crippen molar-refractivity contribution in [1.82, 2.24) is 5.32 Å². The van der Waals surface area contributed by atoms with E-state index in [1.54, 1.807) is 7.11 Å². The van der Waals surface area contributed by atoms with Gasteiger partial charge in [0.15, 0.2) is 0 Å². The molecule has 3 rings (SSSR count). The van der Waals surface area contributed by atoms with Gasteiger partial charge in [0.2, 0.25) is 0 Å². The summed E-state index contributed by atoms with van der Waals surface area (Å²) in [5.41, 5.74) is 2.49. The van der Waals surface area contributed by atoms with Crippen LogP contribution in [0.15, 0.2) is 48.5 Å². The van der Waals surface area contributed by atoms with Crippen LogP contribution >= 0.6 is 11.6 Å². The van der Waals surface area contributed by atoms with Crippen LogP contribution in [0.25, 0.3) is 0 Å². The Labute approximate surface area is 161 Å². The molecule has 2 aromatic carbocycles. The van der Waals surface area contributed by atoms with Crippen LogP contribution in [-0.2, 0) is 11.3 Å². The van der Waals surface area contributed by atoms with Gasteiger partial charge in [0.25, 0.3) is 0 Å². The molecular weight excluding hydrogens is 346 g/mol. The molecule has 0 radical (unpaired) electrons. The van der Waals surface area contributed by atoms with Gasteiger partial charge in [-0.15, -0.1) is 0 Å². The highest BCUT2D eigenvalue weighted by Crippen LogP contribution is 2.36. The van der Waals surface area contributed by atoms with E-state index in [2.05, 4.69) is 36.5 Å². The van der Waals surface area contributed by atoms with Crippen molar-refractivity contribution >= 4 is 11.6 Å². The first kappa shape index (κ1) is 19.2. The fourth-order valence-electron chi connectivity index (χ4n) is 3.88. The molecule has 140 valence electrons. The number of ether oxygens (including phenoxy) is 2. The van der Waals surface area contributed by atoms with Crippen LogP contribution in [0.4, 0.5) is 0 Å². The summed E-state index contributed by atoms with van der Waals surface area (Å²) in [5.74, 6) is 1.85. The molecule has 1 heterocycles. The predicted octanol–water partition coefficient (Wildman–Crippen LogP) is 5.04. The van der Waals surface area contributed by atoms with Crippen molar-refractivity contribution in [2.45, 2.75) is 38.4 Å². The molecule has 1 saturated heterocycles. The van der Waals surface area contributed by atoms with Crippen LogP contribution in [0.3, 0.4) is 0 Å². The molecule has 1 N–H and O–H groups in total. The number of hydrogen-bond acceptors (Lipinski definition) is 3. The minimum atomic E-state index is 0.156. The zero-order chi connectivity index (χ0) is 18.4. The van der Waals surface area contributed by atoms with Gasteiger partial charge in [-0.05, 0) is 54.3 Å². The molecule has 0 spiro atoms. The Kier molecular flexibility index (Phi) is 6.95. The normalized spacial score (nSPS) is 23.0. The Morgan fingerprint density at radius 2 is 1.77 bits per heavy atom. The second-order valence-corrected chi connectivity index (χ2v) is 7.42. The molecule has 0 amide bonds. The lowest BCUT2D eigenvalue weighted by Gasteiger charge is -2.39. The summed E-state index contributed by atoms with van der Waals surface area (Å²) in [6.45, 7) is 4.78. The molecule has 3 unspecified atom stereocenters. The van der Waals surface area contributed by atoms with Crippen LogP contribution < -0.4 is 10.1 Å². The number of piperidine rings is 1. The summed E-state index contributed by atoms with van der Waals surface area (Å²) in [6.07, 6.45) is 2.54. The van der Waals surface area contributed by atoms with E-state index in [1.807, 2.05) is 24.3 Å². The molecule has 3 nitrogen and oxygen atoms in total. The Morgan fingerprint density at radius 3 is 2.42 bits per heavy atom. The van der Waals surface area contributed by atoms with Crippen LogP contribution in [0.2, 0.25) is 5.02 Å². The summed E-state index contributed by atoms with van der Waals surface area (Å²) >= 11 is 6.10. The lowest BCUT2D eigenvalue weighted by Crippen LogP contribution is -2.46. The molecule has 0 saturated carbocycles. The smallest absolute Gasteiger partial charge is 0.118 e. The lowest BCUT2D eigenvalue weighted by atomic mass is 9.77. The summed E-state index contributed by atoms with van der Waals surface area (Å²) in [7, 11) is 1.68. The van der Waals surface area contributed by atoms with E-state index in [0.29, 0.717) is 18.4 Å². The quantitative estimate of drug-likeness (QED) is 0.737. The molecule has 0 aromatic heterocycles. The zero-order valence-electron chi connectivity index (χ0n) is 15.6. The number of halogens is 1. The van der Waals surface area contributed by atoms with Crippen molar-refractivity contribution in [2.75, 3.05) is 20.2 Å². The van der Waals surface area contributed by atoms with Gasteiger partial charge < -0.3 is 14.8 Å². The van der Waals surface area contributed by atoms with E-state index in [1.165, 1.54) is 24.0 Å². The number of methoxy groups -OCH3 is 1. The molecule has 2 aromatic rings. The van der Waals surface area contributed by atoms with Crippen molar-refractivity contribution in [3.05, 3.63) is 64.7 Å². The lowest BCUT2D eigenvalue weighted by molar-refractivity contribution is -0.00738. The maximum absolute atomic E-state index is 6.38. The van der Waals surface area contributed by atoms with E-state index < -0.39 is 0 Å². The Balaban J connectivity index is 1.74. The van der Waals surface area contributed by atoms with Crippen LogP contribution in [0.5, 0.6) is 5.75 Å². The number of nitrogens with one attached hydrogen (secondary N) is 1. The van der Waals surface area contributed by atoms with Gasteiger partial charge in [0.1, 0.15) is 5.75 Å². The van der Waals surface area contributed by atoms with Crippen LogP contribution in [-0.4, -0.2) is 26.3 Å². The van der Waals surface area contributed by atoms with Gasteiger partial charge in [-0.2, -0.15) is 0 Å². The van der Waals surface area contributed by atoms with Crippen molar-refractivity contribution in [3.8, 4) is 5.75 Å². The van der Waals surface area contributed by atoms with Crippen molar-refractivity contribution < 1.29 is 9.47 Å². The third-order valence-corrected chi connectivity index (χ3v) is 5.45. The standard InChI is InChI=1S/C22H28ClNO2/c1-3-4-18-13-24-14-21(22(18)17-7-9-19(23)10-8-17)26-15-16-5-11-20(25-2)12-6-16/h5-12,18,21-22,24H,3-4,13-15H2,1-2H3. The fraction of sp³-hybridized carbons (Fsp3) is 0.455. The van der Waals surface area contributed by atoms with Crippen LogP contribution in [0, 0.1) is 5.92 Å². The molecule has 1 aliphatic rings. The molecule has 26 heavy (non-hydrogen) atoms. The van der Waals surface area contributed by atoms with Crippen molar-refractivity contribution in [3.63, 3.8) is 0 Å². The largest absolute Gasteiger partial charge is 0.497 e. The number of rotatable bonds is 7. The van der Waals surface area contributed by atoms with Gasteiger partial charge in [-0.3, -0.25) is 0 Å². The molecule has 0 aliphatic carbocycles. The van der Waals surface area contributed by atoms with Gasteiger partial charge in [0, 0.05) is 17.5 Å². The maximum Gasteiger partial charge on any atom is 0.118 e. The van der Waals surface area contributed by atoms with E-state index in [0.717, 1.165) is 23.9 Å². The van der Waals surface area contributed by atoms with E-state index >= 15 is 0 Å². The fourth-order valence-corrected chi connectivity index (χ4v) is 4.01. The highest BCUT2D eigenvalue weighted by atomic mass is 35.5. The molecule has 1 fully saturated rings. The first-order valence-electron chi connectivity index (χ1n) is 9.42. The zero-order valence-corrected chi connectivity index (χ0v) is 16.3. The van der Waals surface area contributed by atoms with Gasteiger partial charge >= 0.3 is 0 Å². The third-order valence-electron chi connectivity index (χ3n) is 5.20. The van der Waals surface area contributed by atoms with E-state index in [-0.39, 0.29) is 6.10 Å². The van der Waals surface area contributed by atoms with Gasteiger partial charge in [-0.25, -0.2) is 0 Å². The highest BCUT2D eigenvalue weighted by molar-refractivity contribution is 6.30. The van der Waals surface area contributed by atoms with Gasteiger partial charge in [-0.1, -0.05) is 49.2 Å². The second kappa shape index (κ2) is 9.40. The first-order valence-corrected chi connectivity index (χ1v) is 9.79. The number of benzene rings is 2. The summed E-state index contributed by atoms with van der Waals surface area (Å²) in [4.78, 5) is 0. The van der Waals surface area contributed by atoms with E-state index in [4.69, 9.17) is 21.1 Å². The SMILES string of the molecule is CCCC1CNCC(OCc2ccc(OC)cc2)C1c1ccc(Cl)cc1. The highest BCUT2D eigenvalue weighted by Gasteiger charge is 2.34. The van der Waals surface area contributed by atoms with Crippen LogP contribution in [0.1, 0.15) is 36.8 Å². The Hall–Kier alpha value is -1.55. The average molecular weight is 374 g/mol. The molecule has 1 aliphatic heterocycles. The third kappa shape index (κ3) is 4.79. The number of hydrogen-bond donors (Lipinski definition) is 1. The topological polar surface area (TPSA) is 30.5 Å². The summed E-state index contributed by atoms with van der Waals surface area (Å²) in [6, 6.07) is 16.4. The Bertz CT molecular complexity index is 670. The average Bonchev–Trinajstić information content (AvgIpc) is 2.68. The van der Waals surface area contributed by atoms with Crippen molar-refractivity contribution in [2.24, 2.45) is 5.92 Å². The second-order valence-electron chi connectivity index (χ2n) is 6.98. The first-order chi connectivity index (χ1) is 12.7. The Morgan fingerprint density at radius 1 is 1.04 bits per heavy atom. The van der Waals surface area contributed by atoms with Gasteiger partial charge in [0.05, 0.1) is 19.8 Å². The predicted molar refractivity (Wildman–Crippen MR) is 107 cm³/mol. The van der Waals surface area contributed by atoms with Crippen molar-refractivity contribution in [1.29, 1.82) is 0 Å². The molecule has 0 bridgehead atoms.